The number of likely N-dealkylation sites (tertiary alicyclic amines) is 2. The van der Waals surface area contributed by atoms with E-state index in [1.807, 2.05) is 24.3 Å². The number of hydrogen-bond donors (Lipinski definition) is 0. The lowest BCUT2D eigenvalue weighted by atomic mass is 9.88. The molecule has 2 aliphatic heterocycles. The Labute approximate surface area is 180 Å². The van der Waals surface area contributed by atoms with Crippen molar-refractivity contribution in [1.82, 2.24) is 9.80 Å². The van der Waals surface area contributed by atoms with Gasteiger partial charge in [0.05, 0.1) is 19.2 Å². The van der Waals surface area contributed by atoms with Crippen LogP contribution in [0, 0.1) is 0 Å². The van der Waals surface area contributed by atoms with Crippen LogP contribution in [0.3, 0.4) is 0 Å². The van der Waals surface area contributed by atoms with E-state index < -0.39 is 0 Å². The fourth-order valence-electron chi connectivity index (χ4n) is 5.07. The molecule has 0 spiro atoms. The van der Waals surface area contributed by atoms with Gasteiger partial charge in [0.25, 0.3) is 0 Å². The number of benzene rings is 2. The Morgan fingerprint density at radius 2 is 1.33 bits per heavy atom. The van der Waals surface area contributed by atoms with Gasteiger partial charge in [-0.25, -0.2) is 0 Å². The molecule has 4 rings (SSSR count). The van der Waals surface area contributed by atoms with Crippen molar-refractivity contribution in [1.29, 1.82) is 0 Å². The molecular formula is C26H34N2O2. The van der Waals surface area contributed by atoms with Gasteiger partial charge in [-0.05, 0) is 81.7 Å². The van der Waals surface area contributed by atoms with Crippen LogP contribution in [0.25, 0.3) is 0 Å². The van der Waals surface area contributed by atoms with Crippen LogP contribution in [-0.4, -0.2) is 54.9 Å². The lowest BCUT2D eigenvalue weighted by Gasteiger charge is -2.44. The highest BCUT2D eigenvalue weighted by Gasteiger charge is 2.39. The molecule has 4 nitrogen and oxygen atoms in total. The second-order valence-electron chi connectivity index (χ2n) is 8.59. The Hall–Kier alpha value is -2.17. The van der Waals surface area contributed by atoms with E-state index in [2.05, 4.69) is 40.1 Å². The number of ketones is 1. The van der Waals surface area contributed by atoms with Crippen molar-refractivity contribution in [2.75, 3.05) is 33.3 Å². The molecule has 0 radical (unpaired) electrons. The van der Waals surface area contributed by atoms with E-state index in [0.717, 1.165) is 37.5 Å². The monoisotopic (exact) mass is 406 g/mol. The molecule has 0 aromatic heterocycles. The van der Waals surface area contributed by atoms with Gasteiger partial charge in [-0.15, -0.1) is 0 Å². The molecule has 0 N–H and O–H groups in total. The van der Waals surface area contributed by atoms with E-state index in [1.54, 1.807) is 7.11 Å². The smallest absolute Gasteiger partial charge is 0.181 e. The molecule has 0 unspecified atom stereocenters. The molecule has 4 heteroatoms. The van der Waals surface area contributed by atoms with Crippen LogP contribution in [0.1, 0.15) is 60.5 Å². The summed E-state index contributed by atoms with van der Waals surface area (Å²) in [5.74, 6) is 1.02. The summed E-state index contributed by atoms with van der Waals surface area (Å²) in [4.78, 5) is 19.0. The van der Waals surface area contributed by atoms with Crippen molar-refractivity contribution in [3.8, 4) is 5.75 Å². The van der Waals surface area contributed by atoms with Crippen LogP contribution < -0.4 is 4.74 Å². The number of rotatable bonds is 7. The molecule has 2 fully saturated rings. The minimum absolute atomic E-state index is 0.0965. The third-order valence-corrected chi connectivity index (χ3v) is 6.65. The molecule has 2 heterocycles. The van der Waals surface area contributed by atoms with Crippen molar-refractivity contribution in [2.45, 2.75) is 50.6 Å². The van der Waals surface area contributed by atoms with Crippen molar-refractivity contribution >= 4 is 5.78 Å². The first-order valence-corrected chi connectivity index (χ1v) is 11.5. The largest absolute Gasteiger partial charge is 0.497 e. The first kappa shape index (κ1) is 21.1. The highest BCUT2D eigenvalue weighted by Crippen LogP contribution is 2.34. The number of ether oxygens (including phenoxy) is 1. The summed E-state index contributed by atoms with van der Waals surface area (Å²) in [5.41, 5.74) is 2.04. The average Bonchev–Trinajstić information content (AvgIpc) is 2.84. The van der Waals surface area contributed by atoms with E-state index in [0.29, 0.717) is 0 Å². The third kappa shape index (κ3) is 4.76. The van der Waals surface area contributed by atoms with Gasteiger partial charge in [-0.1, -0.05) is 43.2 Å². The summed E-state index contributed by atoms with van der Waals surface area (Å²) in [6, 6.07) is 18.3. The lowest BCUT2D eigenvalue weighted by molar-refractivity contribution is 0.0425. The number of hydrogen-bond acceptors (Lipinski definition) is 4. The molecule has 0 amide bonds. The minimum atomic E-state index is -0.154. The van der Waals surface area contributed by atoms with Crippen LogP contribution in [0.15, 0.2) is 54.6 Å². The second-order valence-corrected chi connectivity index (χ2v) is 8.59. The fraction of sp³-hybridized carbons (Fsp3) is 0.500. The zero-order chi connectivity index (χ0) is 20.8. The number of piperidine rings is 2. The van der Waals surface area contributed by atoms with E-state index in [4.69, 9.17) is 4.74 Å². The molecule has 0 saturated carbocycles. The highest BCUT2D eigenvalue weighted by molar-refractivity contribution is 6.00. The normalized spacial score (nSPS) is 20.4. The molecule has 160 valence electrons. The molecular weight excluding hydrogens is 372 g/mol. The van der Waals surface area contributed by atoms with Crippen molar-refractivity contribution < 1.29 is 9.53 Å². The maximum absolute atomic E-state index is 14.0. The van der Waals surface area contributed by atoms with E-state index in [-0.39, 0.29) is 17.9 Å². The summed E-state index contributed by atoms with van der Waals surface area (Å²) in [7, 11) is 1.66. The Morgan fingerprint density at radius 3 is 1.90 bits per heavy atom. The number of nitrogens with zero attached hydrogens (tertiary/aromatic N) is 2. The lowest BCUT2D eigenvalue weighted by Crippen LogP contribution is -2.53. The minimum Gasteiger partial charge on any atom is -0.497 e. The Morgan fingerprint density at radius 1 is 0.767 bits per heavy atom. The first-order chi connectivity index (χ1) is 14.8. The van der Waals surface area contributed by atoms with E-state index >= 15 is 0 Å². The molecule has 30 heavy (non-hydrogen) atoms. The molecule has 0 bridgehead atoms. The van der Waals surface area contributed by atoms with Crippen LogP contribution in [0.2, 0.25) is 0 Å². The van der Waals surface area contributed by atoms with Crippen LogP contribution in [0.4, 0.5) is 0 Å². The van der Waals surface area contributed by atoms with E-state index in [1.165, 1.54) is 44.1 Å². The Bertz CT molecular complexity index is 794. The van der Waals surface area contributed by atoms with Gasteiger partial charge in [0.2, 0.25) is 0 Å². The Kier molecular flexibility index (Phi) is 7.19. The standard InChI is InChI=1S/C26H34N2O2/c1-30-23-15-13-22(14-16-23)26(29)25(28-19-9-4-10-20-28)24(21-11-5-2-6-12-21)27-17-7-3-8-18-27/h2,5-6,11-16,24-25H,3-4,7-10,17-20H2,1H3/t24-,25+/m1/s1. The van der Waals surface area contributed by atoms with Crippen LogP contribution >= 0.6 is 0 Å². The van der Waals surface area contributed by atoms with Gasteiger partial charge >= 0.3 is 0 Å². The topological polar surface area (TPSA) is 32.8 Å². The number of methoxy groups -OCH3 is 1. The zero-order valence-electron chi connectivity index (χ0n) is 18.1. The summed E-state index contributed by atoms with van der Waals surface area (Å²) in [6.07, 6.45) is 7.33. The van der Waals surface area contributed by atoms with Gasteiger partial charge in [-0.3, -0.25) is 14.6 Å². The van der Waals surface area contributed by atoms with Crippen LogP contribution in [0.5, 0.6) is 5.75 Å². The predicted molar refractivity (Wildman–Crippen MR) is 121 cm³/mol. The third-order valence-electron chi connectivity index (χ3n) is 6.65. The average molecular weight is 407 g/mol. The predicted octanol–water partition coefficient (Wildman–Crippen LogP) is 4.96. The van der Waals surface area contributed by atoms with Gasteiger partial charge in [-0.2, -0.15) is 0 Å². The van der Waals surface area contributed by atoms with Crippen molar-refractivity contribution in [2.24, 2.45) is 0 Å². The van der Waals surface area contributed by atoms with Gasteiger partial charge < -0.3 is 4.74 Å². The molecule has 2 aromatic carbocycles. The highest BCUT2D eigenvalue weighted by atomic mass is 16.5. The van der Waals surface area contributed by atoms with Crippen molar-refractivity contribution in [3.05, 3.63) is 65.7 Å². The summed E-state index contributed by atoms with van der Waals surface area (Å²) in [5, 5.41) is 0. The number of carbonyl (C=O) groups is 1. The molecule has 0 aliphatic carbocycles. The SMILES string of the molecule is COc1ccc(C(=O)[C@H]([C@@H](c2ccccc2)N2CCCCC2)N2CCCCC2)cc1. The second kappa shape index (κ2) is 10.2. The summed E-state index contributed by atoms with van der Waals surface area (Å²) >= 11 is 0. The maximum Gasteiger partial charge on any atom is 0.181 e. The Balaban J connectivity index is 1.73. The molecule has 2 atom stereocenters. The van der Waals surface area contributed by atoms with Gasteiger partial charge in [0.1, 0.15) is 5.75 Å². The van der Waals surface area contributed by atoms with Crippen LogP contribution in [-0.2, 0) is 0 Å². The van der Waals surface area contributed by atoms with Crippen molar-refractivity contribution in [3.63, 3.8) is 0 Å². The quantitative estimate of drug-likeness (QED) is 0.609. The van der Waals surface area contributed by atoms with E-state index in [9.17, 15) is 4.79 Å². The molecule has 2 aromatic rings. The van der Waals surface area contributed by atoms with Gasteiger partial charge in [0, 0.05) is 5.56 Å². The molecule has 2 saturated heterocycles. The maximum atomic E-state index is 14.0. The number of carbonyl (C=O) groups excluding carboxylic acids is 1. The fourth-order valence-corrected chi connectivity index (χ4v) is 5.07. The van der Waals surface area contributed by atoms with Gasteiger partial charge in [0.15, 0.2) is 5.78 Å². The zero-order valence-corrected chi connectivity index (χ0v) is 18.1. The number of Topliss-reactive ketones (excluding diaryl/α,β-unsaturated/α-hetero) is 1. The summed E-state index contributed by atoms with van der Waals surface area (Å²) in [6.45, 7) is 4.15. The molecule has 2 aliphatic rings. The first-order valence-electron chi connectivity index (χ1n) is 11.5. The summed E-state index contributed by atoms with van der Waals surface area (Å²) < 4.78 is 5.31.